The number of furan rings is 1. The number of nitrogens with one attached hydrogen (secondary N) is 1. The molecule has 3 aromatic rings. The first-order valence-corrected chi connectivity index (χ1v) is 8.94. The van der Waals surface area contributed by atoms with E-state index in [2.05, 4.69) is 39.5 Å². The van der Waals surface area contributed by atoms with E-state index in [9.17, 15) is 4.79 Å². The van der Waals surface area contributed by atoms with Gasteiger partial charge in [0, 0.05) is 6.07 Å². The minimum absolute atomic E-state index is 0.247. The standard InChI is InChI=1S/C18H24N6O3/c1-5-23(6-2)10-14-7-8-16(26-14)18(25)19-17-13(4)24(22-20-17)11-15-9-12(3)21-27-15/h7-9H,5-6,10-11H2,1-4H3,(H,19,25). The number of amides is 1. The Bertz CT molecular complexity index is 906. The summed E-state index contributed by atoms with van der Waals surface area (Å²) < 4.78 is 12.5. The molecule has 144 valence electrons. The highest BCUT2D eigenvalue weighted by molar-refractivity contribution is 6.01. The molecule has 0 aliphatic rings. The molecule has 0 unspecified atom stereocenters. The third-order valence-electron chi connectivity index (χ3n) is 4.36. The van der Waals surface area contributed by atoms with Crippen molar-refractivity contribution < 1.29 is 13.7 Å². The molecule has 0 saturated carbocycles. The molecular weight excluding hydrogens is 348 g/mol. The lowest BCUT2D eigenvalue weighted by atomic mass is 10.3. The van der Waals surface area contributed by atoms with Crippen molar-refractivity contribution in [3.8, 4) is 0 Å². The van der Waals surface area contributed by atoms with Crippen LogP contribution in [0.4, 0.5) is 5.82 Å². The van der Waals surface area contributed by atoms with Crippen molar-refractivity contribution in [3.05, 3.63) is 46.9 Å². The van der Waals surface area contributed by atoms with Crippen molar-refractivity contribution in [2.24, 2.45) is 0 Å². The molecule has 0 radical (unpaired) electrons. The Morgan fingerprint density at radius 1 is 1.22 bits per heavy atom. The number of hydrogen-bond acceptors (Lipinski definition) is 7. The van der Waals surface area contributed by atoms with Gasteiger partial charge in [0.05, 0.1) is 17.9 Å². The number of nitrogens with zero attached hydrogens (tertiary/aromatic N) is 5. The molecule has 3 rings (SSSR count). The summed E-state index contributed by atoms with van der Waals surface area (Å²) in [5.41, 5.74) is 1.52. The largest absolute Gasteiger partial charge is 0.455 e. The van der Waals surface area contributed by atoms with Gasteiger partial charge in [0.25, 0.3) is 5.91 Å². The molecule has 3 heterocycles. The van der Waals surface area contributed by atoms with E-state index in [1.807, 2.05) is 26.0 Å². The van der Waals surface area contributed by atoms with Crippen LogP contribution in [-0.4, -0.2) is 44.0 Å². The van der Waals surface area contributed by atoms with E-state index in [1.54, 1.807) is 10.7 Å². The molecule has 0 saturated heterocycles. The Morgan fingerprint density at radius 3 is 2.67 bits per heavy atom. The summed E-state index contributed by atoms with van der Waals surface area (Å²) in [6.07, 6.45) is 0. The second-order valence-corrected chi connectivity index (χ2v) is 6.30. The van der Waals surface area contributed by atoms with Crippen LogP contribution in [0.1, 0.15) is 47.3 Å². The number of carbonyl (C=O) groups excluding carboxylic acids is 1. The SMILES string of the molecule is CCN(CC)Cc1ccc(C(=O)Nc2nnn(Cc3cc(C)no3)c2C)o1. The summed E-state index contributed by atoms with van der Waals surface area (Å²) >= 11 is 0. The summed E-state index contributed by atoms with van der Waals surface area (Å²) in [5, 5.41) is 14.7. The van der Waals surface area contributed by atoms with E-state index in [1.165, 1.54) is 0 Å². The number of aryl methyl sites for hydroxylation is 1. The Labute approximate surface area is 157 Å². The molecule has 0 bridgehead atoms. The Balaban J connectivity index is 1.65. The molecule has 0 spiro atoms. The quantitative estimate of drug-likeness (QED) is 0.648. The van der Waals surface area contributed by atoms with Gasteiger partial charge in [0.15, 0.2) is 17.3 Å². The molecule has 0 aliphatic carbocycles. The summed E-state index contributed by atoms with van der Waals surface area (Å²) in [7, 11) is 0. The van der Waals surface area contributed by atoms with E-state index in [0.29, 0.717) is 30.4 Å². The van der Waals surface area contributed by atoms with Crippen LogP contribution in [0, 0.1) is 13.8 Å². The van der Waals surface area contributed by atoms with Crippen molar-refractivity contribution in [2.45, 2.75) is 40.8 Å². The van der Waals surface area contributed by atoms with Gasteiger partial charge in [-0.3, -0.25) is 9.69 Å². The third-order valence-corrected chi connectivity index (χ3v) is 4.36. The monoisotopic (exact) mass is 372 g/mol. The fraction of sp³-hybridized carbons (Fsp3) is 0.444. The maximum Gasteiger partial charge on any atom is 0.292 e. The third kappa shape index (κ3) is 4.43. The highest BCUT2D eigenvalue weighted by Crippen LogP contribution is 2.16. The van der Waals surface area contributed by atoms with Crippen molar-refractivity contribution >= 4 is 11.7 Å². The van der Waals surface area contributed by atoms with Crippen molar-refractivity contribution in [3.63, 3.8) is 0 Å². The van der Waals surface area contributed by atoms with E-state index in [4.69, 9.17) is 8.94 Å². The van der Waals surface area contributed by atoms with E-state index in [0.717, 1.165) is 24.5 Å². The zero-order valence-electron chi connectivity index (χ0n) is 16.0. The van der Waals surface area contributed by atoms with Gasteiger partial charge in [-0.2, -0.15) is 0 Å². The second kappa shape index (κ2) is 8.17. The normalized spacial score (nSPS) is 11.3. The summed E-state index contributed by atoms with van der Waals surface area (Å²) in [4.78, 5) is 14.7. The molecule has 1 amide bonds. The topological polar surface area (TPSA) is 102 Å². The molecular formula is C18H24N6O3. The lowest BCUT2D eigenvalue weighted by molar-refractivity contribution is 0.0992. The Morgan fingerprint density at radius 2 is 2.00 bits per heavy atom. The average Bonchev–Trinajstić information content (AvgIpc) is 3.37. The number of anilines is 1. The van der Waals surface area contributed by atoms with Gasteiger partial charge in [0.2, 0.25) is 0 Å². The fourth-order valence-corrected chi connectivity index (χ4v) is 2.69. The predicted molar refractivity (Wildman–Crippen MR) is 98.4 cm³/mol. The van der Waals surface area contributed by atoms with E-state index >= 15 is 0 Å². The lowest BCUT2D eigenvalue weighted by Gasteiger charge is -2.15. The van der Waals surface area contributed by atoms with Gasteiger partial charge in [-0.25, -0.2) is 4.68 Å². The van der Waals surface area contributed by atoms with Crippen LogP contribution in [-0.2, 0) is 13.1 Å². The predicted octanol–water partition coefficient (Wildman–Crippen LogP) is 2.62. The minimum atomic E-state index is -0.355. The first-order chi connectivity index (χ1) is 13.0. The molecule has 27 heavy (non-hydrogen) atoms. The molecule has 3 aromatic heterocycles. The fourth-order valence-electron chi connectivity index (χ4n) is 2.69. The zero-order valence-corrected chi connectivity index (χ0v) is 16.0. The smallest absolute Gasteiger partial charge is 0.292 e. The van der Waals surface area contributed by atoms with Gasteiger partial charge in [0.1, 0.15) is 12.3 Å². The maximum absolute atomic E-state index is 12.5. The van der Waals surface area contributed by atoms with Crippen LogP contribution in [0.2, 0.25) is 0 Å². The number of hydrogen-bond donors (Lipinski definition) is 1. The molecule has 0 aromatic carbocycles. The van der Waals surface area contributed by atoms with Gasteiger partial charge >= 0.3 is 0 Å². The van der Waals surface area contributed by atoms with Crippen molar-refractivity contribution in [1.29, 1.82) is 0 Å². The van der Waals surface area contributed by atoms with Crippen LogP contribution in [0.3, 0.4) is 0 Å². The van der Waals surface area contributed by atoms with Crippen LogP contribution < -0.4 is 5.32 Å². The summed E-state index contributed by atoms with van der Waals surface area (Å²) in [5.74, 6) is 1.71. The molecule has 1 N–H and O–H groups in total. The zero-order chi connectivity index (χ0) is 19.4. The minimum Gasteiger partial charge on any atom is -0.455 e. The number of rotatable bonds is 8. The van der Waals surface area contributed by atoms with E-state index < -0.39 is 0 Å². The Kier molecular flexibility index (Phi) is 5.70. The first-order valence-electron chi connectivity index (χ1n) is 8.94. The second-order valence-electron chi connectivity index (χ2n) is 6.30. The van der Waals surface area contributed by atoms with Gasteiger partial charge in [-0.15, -0.1) is 5.10 Å². The van der Waals surface area contributed by atoms with Gasteiger partial charge in [-0.1, -0.05) is 24.2 Å². The molecule has 0 aliphatic heterocycles. The van der Waals surface area contributed by atoms with Crippen LogP contribution in [0.25, 0.3) is 0 Å². The van der Waals surface area contributed by atoms with Crippen LogP contribution in [0.15, 0.2) is 27.1 Å². The molecule has 9 nitrogen and oxygen atoms in total. The number of aromatic nitrogens is 4. The first kappa shape index (κ1) is 18.8. The average molecular weight is 372 g/mol. The van der Waals surface area contributed by atoms with Crippen molar-refractivity contribution in [2.75, 3.05) is 18.4 Å². The van der Waals surface area contributed by atoms with E-state index in [-0.39, 0.29) is 11.7 Å². The van der Waals surface area contributed by atoms with Gasteiger partial charge in [-0.05, 0) is 39.1 Å². The molecule has 0 atom stereocenters. The Hall–Kier alpha value is -2.94. The van der Waals surface area contributed by atoms with Gasteiger partial charge < -0.3 is 14.3 Å². The summed E-state index contributed by atoms with van der Waals surface area (Å²) in [6, 6.07) is 5.33. The highest BCUT2D eigenvalue weighted by atomic mass is 16.5. The number of carbonyl (C=O) groups is 1. The summed E-state index contributed by atoms with van der Waals surface area (Å²) in [6.45, 7) is 10.8. The van der Waals surface area contributed by atoms with Crippen LogP contribution in [0.5, 0.6) is 0 Å². The lowest BCUT2D eigenvalue weighted by Crippen LogP contribution is -2.21. The maximum atomic E-state index is 12.5. The van der Waals surface area contributed by atoms with Crippen LogP contribution >= 0.6 is 0 Å². The molecule has 0 fully saturated rings. The molecule has 9 heteroatoms. The highest BCUT2D eigenvalue weighted by Gasteiger charge is 2.17. The van der Waals surface area contributed by atoms with Crippen molar-refractivity contribution in [1.82, 2.24) is 25.1 Å².